The molecular formula is C30H48O18. The van der Waals surface area contributed by atoms with Crippen molar-refractivity contribution in [2.45, 2.75) is 137 Å². The molecule has 48 heavy (non-hydrogen) atoms. The number of aliphatic hydroxyl groups excluding tert-OH is 9. The first-order chi connectivity index (χ1) is 22.5. The van der Waals surface area contributed by atoms with Crippen LogP contribution >= 0.6 is 0 Å². The molecule has 0 radical (unpaired) electrons. The van der Waals surface area contributed by atoms with Gasteiger partial charge in [-0.2, -0.15) is 0 Å². The number of hydrogen-bond donors (Lipinski definition) is 11. The van der Waals surface area contributed by atoms with E-state index in [9.17, 15) is 56.2 Å². The Labute approximate surface area is 275 Å². The average Bonchev–Trinajstić information content (AvgIpc) is 3.42. The molecule has 11 N–H and O–H groups in total. The van der Waals surface area contributed by atoms with Crippen LogP contribution < -0.4 is 0 Å². The van der Waals surface area contributed by atoms with Crippen LogP contribution in [-0.4, -0.2) is 173 Å². The van der Waals surface area contributed by atoms with E-state index in [-0.39, 0.29) is 19.3 Å². The van der Waals surface area contributed by atoms with Crippen LogP contribution in [0.4, 0.5) is 0 Å². The fourth-order valence-corrected chi connectivity index (χ4v) is 8.25. The van der Waals surface area contributed by atoms with Crippen molar-refractivity contribution in [3.63, 3.8) is 0 Å². The molecule has 2 aliphatic carbocycles. The zero-order valence-corrected chi connectivity index (χ0v) is 26.4. The van der Waals surface area contributed by atoms with Crippen molar-refractivity contribution in [1.29, 1.82) is 0 Å². The van der Waals surface area contributed by atoms with Gasteiger partial charge in [0.05, 0.1) is 48.8 Å². The molecule has 0 spiro atoms. The standard InChI is InChI=1S/C30H48O18/c1-29(40)6-12(32)10-3-4-42-25(17(10)29)47-28-24(39)22(37)20(35)15(45-28)9-43-16-5-11-13(33)7-30(2,41)18(11)26(46-16)48-27-23(38)21(36)19(34)14(8-31)44-27/h3-4,10-28,31-41H,5-9H2,1-2H3/t10-,11-,12+,13+,14+,15+,16-,17+,18+,19+,20+,21-,22-,23+,24+,25-,26-,27-,28-,29-,30-/m0/s1. The smallest absolute Gasteiger partial charge is 0.207 e. The van der Waals surface area contributed by atoms with Crippen LogP contribution in [0.1, 0.15) is 33.1 Å². The van der Waals surface area contributed by atoms with Gasteiger partial charge in [-0.3, -0.25) is 0 Å². The van der Waals surface area contributed by atoms with E-state index in [1.165, 1.54) is 20.1 Å². The van der Waals surface area contributed by atoms with Crippen LogP contribution in [0.25, 0.3) is 0 Å². The third kappa shape index (κ3) is 6.66. The minimum Gasteiger partial charge on any atom is -0.472 e. The van der Waals surface area contributed by atoms with Gasteiger partial charge in [-0.1, -0.05) is 0 Å². The molecule has 0 amide bonds. The second-order valence-electron chi connectivity index (χ2n) is 14.4. The van der Waals surface area contributed by atoms with Gasteiger partial charge >= 0.3 is 0 Å². The molecule has 0 bridgehead atoms. The van der Waals surface area contributed by atoms with Crippen molar-refractivity contribution in [3.8, 4) is 0 Å². The molecule has 2 saturated carbocycles. The SMILES string of the molecule is C[C@]1(O)C[C@@H](O)[C@@H]2C=CO[C@@H](O[C@@H]3O[C@H](CO[C@@H]4C[C@@H]5[C@H]([C@H](O[C@@H]6O[C@H](CO)[C@@H](O)[C@H](O)[C@H]6O)O4)[C@@](C)(O)C[C@H]5O)[C@@H](O)[C@H](O)[C@H]3O)[C@@H]21. The summed E-state index contributed by atoms with van der Waals surface area (Å²) in [6.45, 7) is 1.86. The van der Waals surface area contributed by atoms with Gasteiger partial charge in [-0.05, 0) is 19.9 Å². The quantitative estimate of drug-likeness (QED) is 0.113. The largest absolute Gasteiger partial charge is 0.472 e. The van der Waals surface area contributed by atoms with Gasteiger partial charge in [0.2, 0.25) is 6.29 Å². The minimum atomic E-state index is -1.77. The van der Waals surface area contributed by atoms with Crippen molar-refractivity contribution in [2.75, 3.05) is 13.2 Å². The van der Waals surface area contributed by atoms with Crippen molar-refractivity contribution < 1.29 is 89.3 Å². The van der Waals surface area contributed by atoms with Gasteiger partial charge in [0.1, 0.15) is 48.8 Å². The molecule has 21 atom stereocenters. The Kier molecular flexibility index (Phi) is 10.5. The third-order valence-electron chi connectivity index (χ3n) is 10.8. The van der Waals surface area contributed by atoms with Crippen molar-refractivity contribution in [2.24, 2.45) is 23.7 Å². The van der Waals surface area contributed by atoms with E-state index in [0.717, 1.165) is 0 Å². The van der Waals surface area contributed by atoms with Gasteiger partial charge in [0, 0.05) is 37.0 Å². The molecule has 0 aromatic rings. The highest BCUT2D eigenvalue weighted by Crippen LogP contribution is 2.50. The van der Waals surface area contributed by atoms with Crippen LogP contribution in [0.2, 0.25) is 0 Å². The molecule has 5 fully saturated rings. The Morgan fingerprint density at radius 3 is 1.88 bits per heavy atom. The summed E-state index contributed by atoms with van der Waals surface area (Å²) in [5.74, 6) is -2.78. The first kappa shape index (κ1) is 36.6. The summed E-state index contributed by atoms with van der Waals surface area (Å²) < 4.78 is 40.5. The molecule has 4 heterocycles. The maximum absolute atomic E-state index is 11.1. The fourth-order valence-electron chi connectivity index (χ4n) is 8.25. The van der Waals surface area contributed by atoms with Crippen LogP contribution in [0.5, 0.6) is 0 Å². The second-order valence-corrected chi connectivity index (χ2v) is 14.4. The van der Waals surface area contributed by atoms with E-state index < -0.39 is 141 Å². The summed E-state index contributed by atoms with van der Waals surface area (Å²) in [7, 11) is 0. The number of hydrogen-bond acceptors (Lipinski definition) is 18. The predicted molar refractivity (Wildman–Crippen MR) is 152 cm³/mol. The lowest BCUT2D eigenvalue weighted by Gasteiger charge is -2.47. The fraction of sp³-hybridized carbons (Fsp3) is 0.933. The zero-order valence-electron chi connectivity index (χ0n) is 26.4. The molecule has 18 heteroatoms. The number of aliphatic hydroxyl groups is 11. The Bertz CT molecular complexity index is 1140. The van der Waals surface area contributed by atoms with Crippen LogP contribution in [0.15, 0.2) is 12.3 Å². The van der Waals surface area contributed by atoms with Crippen LogP contribution in [-0.2, 0) is 33.2 Å². The van der Waals surface area contributed by atoms with Gasteiger partial charge in [0.15, 0.2) is 25.2 Å². The lowest BCUT2D eigenvalue weighted by molar-refractivity contribution is -0.388. The molecule has 6 aliphatic rings. The summed E-state index contributed by atoms with van der Waals surface area (Å²) in [4.78, 5) is 0. The van der Waals surface area contributed by atoms with E-state index >= 15 is 0 Å². The highest BCUT2D eigenvalue weighted by Gasteiger charge is 2.60. The lowest BCUT2D eigenvalue weighted by atomic mass is 9.82. The maximum Gasteiger partial charge on any atom is 0.207 e. The minimum absolute atomic E-state index is 0.0349. The van der Waals surface area contributed by atoms with Crippen molar-refractivity contribution in [3.05, 3.63) is 12.3 Å². The summed E-state index contributed by atoms with van der Waals surface area (Å²) in [5.41, 5.74) is -2.89. The highest BCUT2D eigenvalue weighted by molar-refractivity contribution is 5.10. The van der Waals surface area contributed by atoms with Crippen molar-refractivity contribution in [1.82, 2.24) is 0 Å². The monoisotopic (exact) mass is 696 g/mol. The number of ether oxygens (including phenoxy) is 7. The van der Waals surface area contributed by atoms with E-state index in [2.05, 4.69) is 0 Å². The van der Waals surface area contributed by atoms with E-state index in [1.54, 1.807) is 6.08 Å². The van der Waals surface area contributed by atoms with Gasteiger partial charge in [0.25, 0.3) is 0 Å². The van der Waals surface area contributed by atoms with Gasteiger partial charge in [-0.25, -0.2) is 0 Å². The third-order valence-corrected chi connectivity index (χ3v) is 10.8. The maximum atomic E-state index is 11.1. The van der Waals surface area contributed by atoms with Crippen molar-refractivity contribution >= 4 is 0 Å². The molecule has 0 unspecified atom stereocenters. The highest BCUT2D eigenvalue weighted by atomic mass is 16.8. The Morgan fingerprint density at radius 2 is 1.23 bits per heavy atom. The average molecular weight is 697 g/mol. The Balaban J connectivity index is 1.14. The Morgan fingerprint density at radius 1 is 0.667 bits per heavy atom. The van der Waals surface area contributed by atoms with Gasteiger partial charge in [-0.15, -0.1) is 0 Å². The molecule has 3 saturated heterocycles. The molecule has 276 valence electrons. The second kappa shape index (κ2) is 13.8. The van der Waals surface area contributed by atoms with Gasteiger partial charge < -0.3 is 89.3 Å². The molecule has 0 aromatic heterocycles. The molecule has 18 nitrogen and oxygen atoms in total. The van der Waals surface area contributed by atoms with E-state index in [1.807, 2.05) is 0 Å². The van der Waals surface area contributed by atoms with E-state index in [4.69, 9.17) is 33.2 Å². The molecule has 0 aromatic carbocycles. The zero-order chi connectivity index (χ0) is 34.9. The van der Waals surface area contributed by atoms with Crippen LogP contribution in [0.3, 0.4) is 0 Å². The normalized spacial score (nSPS) is 56.8. The van der Waals surface area contributed by atoms with E-state index in [0.29, 0.717) is 0 Å². The summed E-state index contributed by atoms with van der Waals surface area (Å²) >= 11 is 0. The lowest BCUT2D eigenvalue weighted by Crippen LogP contribution is -2.62. The first-order valence-corrected chi connectivity index (χ1v) is 16.2. The Hall–Kier alpha value is -1.14. The number of fused-ring (bicyclic) bond motifs is 2. The molecule has 6 rings (SSSR count). The first-order valence-electron chi connectivity index (χ1n) is 16.2. The predicted octanol–water partition coefficient (Wildman–Crippen LogP) is -4.92. The molecule has 4 aliphatic heterocycles. The topological polar surface area (TPSA) is 287 Å². The summed E-state index contributed by atoms with van der Waals surface area (Å²) in [6.07, 6.45) is -18.8. The summed E-state index contributed by atoms with van der Waals surface area (Å²) in [5, 5.41) is 116. The molecular weight excluding hydrogens is 648 g/mol. The summed E-state index contributed by atoms with van der Waals surface area (Å²) in [6, 6.07) is 0. The number of rotatable bonds is 8. The van der Waals surface area contributed by atoms with Crippen LogP contribution in [0, 0.1) is 23.7 Å².